The van der Waals surface area contributed by atoms with E-state index < -0.39 is 5.97 Å². The molecule has 3 heterocycles. The van der Waals surface area contributed by atoms with Gasteiger partial charge in [0.15, 0.2) is 0 Å². The molecule has 3 N–H and O–H groups in total. The highest BCUT2D eigenvalue weighted by Crippen LogP contribution is 2.29. The molecular formula is C21H29N3O3. The summed E-state index contributed by atoms with van der Waals surface area (Å²) in [4.78, 5) is 15.2. The average molecular weight is 371 g/mol. The van der Waals surface area contributed by atoms with Gasteiger partial charge >= 0.3 is 5.97 Å². The fraction of sp³-hybridized carbons (Fsp3) is 0.476. The largest absolute Gasteiger partial charge is 0.475 e. The molecule has 6 heteroatoms. The fourth-order valence-electron chi connectivity index (χ4n) is 4.00. The number of nitrogen functional groups attached to an aromatic ring is 1. The Morgan fingerprint density at radius 2 is 2.07 bits per heavy atom. The third-order valence-electron chi connectivity index (χ3n) is 5.59. The van der Waals surface area contributed by atoms with Crippen molar-refractivity contribution in [3.05, 3.63) is 47.9 Å². The predicted molar refractivity (Wildman–Crippen MR) is 107 cm³/mol. The highest BCUT2D eigenvalue weighted by atomic mass is 16.4. The van der Waals surface area contributed by atoms with Crippen molar-refractivity contribution < 1.29 is 14.3 Å². The second-order valence-corrected chi connectivity index (χ2v) is 7.44. The molecule has 0 bridgehead atoms. The number of aromatic carboxylic acids is 1. The van der Waals surface area contributed by atoms with Crippen LogP contribution in [0.25, 0.3) is 0 Å². The van der Waals surface area contributed by atoms with Gasteiger partial charge in [-0.25, -0.2) is 4.79 Å². The molecule has 6 nitrogen and oxygen atoms in total. The second kappa shape index (κ2) is 8.48. The van der Waals surface area contributed by atoms with Gasteiger partial charge in [-0.1, -0.05) is 0 Å². The van der Waals surface area contributed by atoms with E-state index in [4.69, 9.17) is 10.8 Å². The van der Waals surface area contributed by atoms with Crippen molar-refractivity contribution in [3.8, 4) is 0 Å². The zero-order chi connectivity index (χ0) is 19.4. The maximum atomic E-state index is 9.97. The number of anilines is 2. The molecule has 2 atom stereocenters. The Morgan fingerprint density at radius 3 is 2.63 bits per heavy atom. The molecule has 0 unspecified atom stereocenters. The Labute approximate surface area is 160 Å². The Hall–Kier alpha value is -2.47. The van der Waals surface area contributed by atoms with Crippen LogP contribution in [0.15, 0.2) is 41.0 Å². The summed E-state index contributed by atoms with van der Waals surface area (Å²) >= 11 is 0. The molecule has 1 aromatic heterocycles. The first-order valence-corrected chi connectivity index (χ1v) is 9.59. The van der Waals surface area contributed by atoms with Crippen LogP contribution in [-0.4, -0.2) is 47.7 Å². The summed E-state index contributed by atoms with van der Waals surface area (Å²) in [6.07, 6.45) is 5.37. The summed E-state index contributed by atoms with van der Waals surface area (Å²) in [5.41, 5.74) is 9.33. The Bertz CT molecular complexity index is 760. The normalized spacial score (nSPS) is 22.5. The lowest BCUT2D eigenvalue weighted by atomic mass is 10.1. The number of carbonyl (C=O) groups is 1. The number of carboxylic acids is 1. The third kappa shape index (κ3) is 4.63. The first kappa shape index (κ1) is 19.3. The maximum absolute atomic E-state index is 9.97. The van der Waals surface area contributed by atoms with Crippen molar-refractivity contribution >= 4 is 17.3 Å². The monoisotopic (exact) mass is 371 g/mol. The van der Waals surface area contributed by atoms with Crippen LogP contribution in [0.1, 0.15) is 42.3 Å². The average Bonchev–Trinajstić information content (AvgIpc) is 3.38. The molecule has 2 fully saturated rings. The minimum absolute atomic E-state index is 0.0231. The summed E-state index contributed by atoms with van der Waals surface area (Å²) in [6.45, 7) is 8.11. The van der Waals surface area contributed by atoms with Gasteiger partial charge in [-0.2, -0.15) is 0 Å². The lowest BCUT2D eigenvalue weighted by molar-refractivity contribution is 0.0662. The molecule has 2 aromatic rings. The molecule has 0 spiro atoms. The quantitative estimate of drug-likeness (QED) is 0.802. The van der Waals surface area contributed by atoms with Crippen LogP contribution < -0.4 is 10.6 Å². The summed E-state index contributed by atoms with van der Waals surface area (Å²) < 4.78 is 4.50. The zero-order valence-corrected chi connectivity index (χ0v) is 16.1. The van der Waals surface area contributed by atoms with Crippen molar-refractivity contribution in [2.45, 2.75) is 45.2 Å². The lowest BCUT2D eigenvalue weighted by Gasteiger charge is -2.28. The second-order valence-electron chi connectivity index (χ2n) is 7.44. The van der Waals surface area contributed by atoms with Crippen molar-refractivity contribution in [2.75, 3.05) is 30.3 Å². The van der Waals surface area contributed by atoms with Gasteiger partial charge < -0.3 is 20.2 Å². The third-order valence-corrected chi connectivity index (χ3v) is 5.59. The van der Waals surface area contributed by atoms with Gasteiger partial charge in [-0.3, -0.25) is 4.90 Å². The molecule has 0 saturated carbocycles. The number of aryl methyl sites for hydroxylation is 1. The van der Waals surface area contributed by atoms with E-state index in [0.29, 0.717) is 0 Å². The van der Waals surface area contributed by atoms with Gasteiger partial charge in [0.2, 0.25) is 5.76 Å². The molecule has 2 aliphatic rings. The van der Waals surface area contributed by atoms with Crippen LogP contribution in [0.2, 0.25) is 0 Å². The Balaban J connectivity index is 0.000000221. The molecule has 2 saturated heterocycles. The molecule has 4 rings (SSSR count). The number of furan rings is 1. The van der Waals surface area contributed by atoms with Gasteiger partial charge in [-0.05, 0) is 75.5 Å². The van der Waals surface area contributed by atoms with E-state index in [1.165, 1.54) is 68.5 Å². The van der Waals surface area contributed by atoms with Gasteiger partial charge in [-0.15, -0.1) is 0 Å². The molecule has 2 aliphatic heterocycles. The van der Waals surface area contributed by atoms with E-state index in [-0.39, 0.29) is 5.76 Å². The SMILES string of the molecule is Cc1cc(N2CC[C@H](N3CCC[C@@H]3C)C2)ccc1N.O=C(O)c1ccco1. The van der Waals surface area contributed by atoms with Gasteiger partial charge in [0, 0.05) is 36.5 Å². The summed E-state index contributed by atoms with van der Waals surface area (Å²) in [6, 6.07) is 10.9. The Morgan fingerprint density at radius 1 is 1.26 bits per heavy atom. The van der Waals surface area contributed by atoms with E-state index in [1.54, 1.807) is 0 Å². The molecule has 0 radical (unpaired) electrons. The number of likely N-dealkylation sites (tertiary alicyclic amines) is 1. The fourth-order valence-corrected chi connectivity index (χ4v) is 4.00. The molecule has 0 aliphatic carbocycles. The standard InChI is InChI=1S/C16H25N3.C5H4O3/c1-12-10-14(5-6-16(12)17)18-9-7-15(11-18)19-8-3-4-13(19)2;6-5(7)4-2-1-3-8-4/h5-6,10,13,15H,3-4,7-9,11,17H2,1-2H3;1-3H,(H,6,7)/t13-,15-;/m0./s1. The van der Waals surface area contributed by atoms with Crippen LogP contribution in [0.5, 0.6) is 0 Å². The maximum Gasteiger partial charge on any atom is 0.371 e. The van der Waals surface area contributed by atoms with Gasteiger partial charge in [0.1, 0.15) is 0 Å². The highest BCUT2D eigenvalue weighted by molar-refractivity contribution is 5.84. The topological polar surface area (TPSA) is 82.9 Å². The number of hydrogen-bond donors (Lipinski definition) is 2. The number of nitrogens with zero attached hydrogens (tertiary/aromatic N) is 2. The van der Waals surface area contributed by atoms with E-state index in [1.807, 2.05) is 6.07 Å². The minimum Gasteiger partial charge on any atom is -0.475 e. The zero-order valence-electron chi connectivity index (χ0n) is 16.1. The highest BCUT2D eigenvalue weighted by Gasteiger charge is 2.32. The Kier molecular flexibility index (Phi) is 6.06. The van der Waals surface area contributed by atoms with Gasteiger partial charge in [0.25, 0.3) is 0 Å². The van der Waals surface area contributed by atoms with E-state index in [0.717, 1.165) is 17.8 Å². The molecule has 146 valence electrons. The molecular weight excluding hydrogens is 342 g/mol. The van der Waals surface area contributed by atoms with Crippen molar-refractivity contribution in [1.29, 1.82) is 0 Å². The smallest absolute Gasteiger partial charge is 0.371 e. The number of rotatable bonds is 3. The molecule has 27 heavy (non-hydrogen) atoms. The molecule has 1 aromatic carbocycles. The molecule has 0 amide bonds. The number of nitrogens with two attached hydrogens (primary N) is 1. The van der Waals surface area contributed by atoms with Crippen molar-refractivity contribution in [2.24, 2.45) is 0 Å². The van der Waals surface area contributed by atoms with Crippen LogP contribution in [0, 0.1) is 6.92 Å². The minimum atomic E-state index is -1.03. The first-order chi connectivity index (χ1) is 13.0. The van der Waals surface area contributed by atoms with Crippen LogP contribution in [-0.2, 0) is 0 Å². The summed E-state index contributed by atoms with van der Waals surface area (Å²) in [7, 11) is 0. The van der Waals surface area contributed by atoms with E-state index >= 15 is 0 Å². The number of benzene rings is 1. The van der Waals surface area contributed by atoms with Crippen LogP contribution in [0.4, 0.5) is 11.4 Å². The van der Waals surface area contributed by atoms with E-state index in [2.05, 4.69) is 40.2 Å². The van der Waals surface area contributed by atoms with Gasteiger partial charge in [0.05, 0.1) is 6.26 Å². The number of hydrogen-bond acceptors (Lipinski definition) is 5. The first-order valence-electron chi connectivity index (χ1n) is 9.59. The summed E-state index contributed by atoms with van der Waals surface area (Å²) in [5.74, 6) is -1.06. The summed E-state index contributed by atoms with van der Waals surface area (Å²) in [5, 5.41) is 8.18. The lowest BCUT2D eigenvalue weighted by Crippen LogP contribution is -2.39. The van der Waals surface area contributed by atoms with Crippen molar-refractivity contribution in [3.63, 3.8) is 0 Å². The van der Waals surface area contributed by atoms with Crippen molar-refractivity contribution in [1.82, 2.24) is 4.90 Å². The number of carboxylic acid groups (broad SMARTS) is 1. The van der Waals surface area contributed by atoms with Crippen LogP contribution in [0.3, 0.4) is 0 Å². The predicted octanol–water partition coefficient (Wildman–Crippen LogP) is 3.62. The van der Waals surface area contributed by atoms with E-state index in [9.17, 15) is 4.79 Å². The van der Waals surface area contributed by atoms with Crippen LogP contribution >= 0.6 is 0 Å².